The van der Waals surface area contributed by atoms with E-state index < -0.39 is 0 Å². The van der Waals surface area contributed by atoms with E-state index in [1.54, 1.807) is 30.7 Å². The Balaban J connectivity index is 1.36. The molecule has 0 amide bonds. The van der Waals surface area contributed by atoms with Crippen molar-refractivity contribution in [3.8, 4) is 22.7 Å². The highest BCUT2D eigenvalue weighted by Gasteiger charge is 2.49. The molecule has 2 saturated heterocycles. The van der Waals surface area contributed by atoms with Gasteiger partial charge in [-0.3, -0.25) is 0 Å². The van der Waals surface area contributed by atoms with E-state index >= 15 is 0 Å². The number of rotatable bonds is 4. The molecule has 2 aliphatic heterocycles. The molecular formula is C21H26N8O. The molecular weight excluding hydrogens is 380 g/mol. The number of phenolic OH excluding ortho intramolecular Hbond substituents is 1. The summed E-state index contributed by atoms with van der Waals surface area (Å²) in [5.74, 6) is 0.687. The smallest absolute Gasteiger partial charge is 0.245 e. The quantitative estimate of drug-likeness (QED) is 0.680. The first kappa shape index (κ1) is 18.9. The Kier molecular flexibility index (Phi) is 4.25. The Bertz CT molecular complexity index is 1040. The van der Waals surface area contributed by atoms with Crippen LogP contribution in [0.1, 0.15) is 39.5 Å². The van der Waals surface area contributed by atoms with Crippen molar-refractivity contribution >= 4 is 5.95 Å². The van der Waals surface area contributed by atoms with Crippen LogP contribution in [0.2, 0.25) is 0 Å². The minimum absolute atomic E-state index is 0.0813. The van der Waals surface area contributed by atoms with Gasteiger partial charge in [0, 0.05) is 35.8 Å². The third-order valence-corrected chi connectivity index (χ3v) is 6.52. The van der Waals surface area contributed by atoms with Gasteiger partial charge in [0.15, 0.2) is 0 Å². The van der Waals surface area contributed by atoms with E-state index in [2.05, 4.69) is 49.4 Å². The summed E-state index contributed by atoms with van der Waals surface area (Å²) in [5, 5.41) is 31.1. The third-order valence-electron chi connectivity index (χ3n) is 6.52. The third kappa shape index (κ3) is 3.28. The second-order valence-electron chi connectivity index (χ2n) is 9.08. The average Bonchev–Trinajstić information content (AvgIpc) is 3.33. The maximum Gasteiger partial charge on any atom is 0.245 e. The summed E-state index contributed by atoms with van der Waals surface area (Å²) in [7, 11) is 2.04. The van der Waals surface area contributed by atoms with E-state index in [4.69, 9.17) is 0 Å². The highest BCUT2D eigenvalue weighted by Crippen LogP contribution is 2.43. The molecule has 2 N–H and O–H groups in total. The molecule has 3 atom stereocenters. The number of benzene rings is 1. The summed E-state index contributed by atoms with van der Waals surface area (Å²) < 4.78 is 0. The van der Waals surface area contributed by atoms with E-state index in [1.807, 2.05) is 13.1 Å². The minimum atomic E-state index is 0.0813. The van der Waals surface area contributed by atoms with Crippen LogP contribution >= 0.6 is 0 Å². The van der Waals surface area contributed by atoms with Crippen molar-refractivity contribution in [3.63, 3.8) is 0 Å². The zero-order valence-corrected chi connectivity index (χ0v) is 17.4. The van der Waals surface area contributed by atoms with Crippen LogP contribution in [0.5, 0.6) is 5.75 Å². The van der Waals surface area contributed by atoms with Gasteiger partial charge in [0.2, 0.25) is 5.95 Å². The maximum absolute atomic E-state index is 10.5. The first-order valence-corrected chi connectivity index (χ1v) is 10.3. The number of nitrogens with zero attached hydrogens (tertiary/aromatic N) is 7. The Hall–Kier alpha value is -3.07. The molecule has 0 aliphatic carbocycles. The predicted octanol–water partition coefficient (Wildman–Crippen LogP) is 2.32. The van der Waals surface area contributed by atoms with Crippen molar-refractivity contribution in [1.29, 1.82) is 0 Å². The van der Waals surface area contributed by atoms with Gasteiger partial charge >= 0.3 is 0 Å². The first-order chi connectivity index (χ1) is 14.3. The van der Waals surface area contributed by atoms with Crippen LogP contribution in [0.25, 0.3) is 16.9 Å². The van der Waals surface area contributed by atoms with Crippen molar-refractivity contribution in [2.45, 2.75) is 56.7 Å². The fourth-order valence-electron chi connectivity index (χ4n) is 5.03. The first-order valence-electron chi connectivity index (χ1n) is 10.3. The fourth-order valence-corrected chi connectivity index (χ4v) is 5.03. The van der Waals surface area contributed by atoms with Gasteiger partial charge in [-0.2, -0.15) is 15.0 Å². The standard InChI is InChI=1S/C21H26N8O/c1-20-6-7-21(2,27-20)12-15(11-20)28(3)19-22-13-17(25-26-19)16-5-4-14(10-18(16)30)29-23-8-9-24-29/h4-5,8-10,13,15,27,30H,6-7,11-12H2,1-3H3/t15-,20-,21+. The number of phenols is 1. The SMILES string of the molecule is CN(c1ncc(-c2ccc(-n3nccn3)cc2O)nn1)[C@H]1C[C@]2(C)CC[C@](C)(C1)N2. The molecule has 3 aromatic rings. The van der Waals surface area contributed by atoms with Gasteiger partial charge in [-0.05, 0) is 51.7 Å². The number of hydrogen-bond donors (Lipinski definition) is 2. The topological polar surface area (TPSA) is 105 Å². The number of aromatic nitrogens is 6. The lowest BCUT2D eigenvalue weighted by Gasteiger charge is -2.45. The number of hydrogen-bond acceptors (Lipinski definition) is 8. The summed E-state index contributed by atoms with van der Waals surface area (Å²) in [5.41, 5.74) is 2.11. The molecule has 9 nitrogen and oxygen atoms in total. The van der Waals surface area contributed by atoms with Crippen LogP contribution in [0.4, 0.5) is 5.95 Å². The number of aromatic hydroxyl groups is 1. The van der Waals surface area contributed by atoms with E-state index in [-0.39, 0.29) is 16.8 Å². The van der Waals surface area contributed by atoms with E-state index in [9.17, 15) is 5.11 Å². The number of fused-ring (bicyclic) bond motifs is 2. The normalized spacial score (nSPS) is 27.9. The second-order valence-corrected chi connectivity index (χ2v) is 9.08. The summed E-state index contributed by atoms with van der Waals surface area (Å²) >= 11 is 0. The highest BCUT2D eigenvalue weighted by molar-refractivity contribution is 5.67. The Morgan fingerprint density at radius 3 is 2.40 bits per heavy atom. The average molecular weight is 406 g/mol. The highest BCUT2D eigenvalue weighted by atomic mass is 16.3. The van der Waals surface area contributed by atoms with Crippen molar-refractivity contribution in [1.82, 2.24) is 35.5 Å². The van der Waals surface area contributed by atoms with Crippen molar-refractivity contribution in [3.05, 3.63) is 36.8 Å². The number of anilines is 1. The van der Waals surface area contributed by atoms with Crippen LogP contribution in [0.15, 0.2) is 36.8 Å². The fraction of sp³-hybridized carbons (Fsp3) is 0.476. The minimum Gasteiger partial charge on any atom is -0.507 e. The summed E-state index contributed by atoms with van der Waals surface area (Å²) in [6.07, 6.45) is 9.37. The molecule has 2 aliphatic rings. The predicted molar refractivity (Wildman–Crippen MR) is 112 cm³/mol. The Morgan fingerprint density at radius 2 is 1.80 bits per heavy atom. The molecule has 0 unspecified atom stereocenters. The van der Waals surface area contributed by atoms with Gasteiger partial charge in [0.05, 0.1) is 24.3 Å². The van der Waals surface area contributed by atoms with Gasteiger partial charge in [-0.25, -0.2) is 4.98 Å². The lowest BCUT2D eigenvalue weighted by atomic mass is 9.84. The summed E-state index contributed by atoms with van der Waals surface area (Å²) in [4.78, 5) is 8.14. The maximum atomic E-state index is 10.5. The molecule has 2 aromatic heterocycles. The van der Waals surface area contributed by atoms with Gasteiger partial charge in [-0.1, -0.05) is 0 Å². The largest absolute Gasteiger partial charge is 0.507 e. The van der Waals surface area contributed by atoms with Crippen LogP contribution in [0, 0.1) is 0 Å². The van der Waals surface area contributed by atoms with E-state index in [0.29, 0.717) is 28.9 Å². The van der Waals surface area contributed by atoms with Crippen molar-refractivity contribution < 1.29 is 5.11 Å². The molecule has 2 bridgehead atoms. The second kappa shape index (κ2) is 6.73. The van der Waals surface area contributed by atoms with Crippen LogP contribution in [-0.4, -0.2) is 59.4 Å². The summed E-state index contributed by atoms with van der Waals surface area (Å²) in [6.45, 7) is 4.62. The lowest BCUT2D eigenvalue weighted by Crippen LogP contribution is -2.58. The Labute approximate surface area is 175 Å². The zero-order chi connectivity index (χ0) is 20.9. The molecule has 156 valence electrons. The molecule has 9 heteroatoms. The molecule has 2 fully saturated rings. The number of nitrogens with one attached hydrogen (secondary N) is 1. The van der Waals surface area contributed by atoms with Crippen LogP contribution in [-0.2, 0) is 0 Å². The molecule has 1 aromatic carbocycles. The van der Waals surface area contributed by atoms with Crippen LogP contribution < -0.4 is 10.2 Å². The molecule has 5 rings (SSSR count). The van der Waals surface area contributed by atoms with Gasteiger partial charge in [-0.15, -0.1) is 10.2 Å². The van der Waals surface area contributed by atoms with Crippen molar-refractivity contribution in [2.24, 2.45) is 0 Å². The van der Waals surface area contributed by atoms with E-state index in [1.165, 1.54) is 17.6 Å². The van der Waals surface area contributed by atoms with Crippen LogP contribution in [0.3, 0.4) is 0 Å². The zero-order valence-electron chi connectivity index (χ0n) is 17.4. The summed E-state index contributed by atoms with van der Waals surface area (Å²) in [6, 6.07) is 5.56. The Morgan fingerprint density at radius 1 is 1.10 bits per heavy atom. The molecule has 0 saturated carbocycles. The van der Waals surface area contributed by atoms with Crippen molar-refractivity contribution in [2.75, 3.05) is 11.9 Å². The monoisotopic (exact) mass is 406 g/mol. The lowest BCUT2D eigenvalue weighted by molar-refractivity contribution is 0.207. The molecule has 4 heterocycles. The molecule has 30 heavy (non-hydrogen) atoms. The molecule has 0 spiro atoms. The number of piperidine rings is 1. The van der Waals surface area contributed by atoms with E-state index in [0.717, 1.165) is 12.8 Å². The molecule has 0 radical (unpaired) electrons. The van der Waals surface area contributed by atoms with Gasteiger partial charge < -0.3 is 15.3 Å². The van der Waals surface area contributed by atoms with Gasteiger partial charge in [0.25, 0.3) is 0 Å². The van der Waals surface area contributed by atoms with Gasteiger partial charge in [0.1, 0.15) is 11.4 Å².